The Kier molecular flexibility index (Phi) is 11.9. The summed E-state index contributed by atoms with van der Waals surface area (Å²) in [6.07, 6.45) is 1.75. The van der Waals surface area contributed by atoms with Crippen LogP contribution in [0, 0.1) is 0 Å². The van der Waals surface area contributed by atoms with Crippen LogP contribution in [0.1, 0.15) is 11.1 Å². The Bertz CT molecular complexity index is 751. The van der Waals surface area contributed by atoms with E-state index in [9.17, 15) is 0 Å². The summed E-state index contributed by atoms with van der Waals surface area (Å²) in [6, 6.07) is 14.2. The number of halogens is 3. The van der Waals surface area contributed by atoms with Crippen molar-refractivity contribution in [2.75, 3.05) is 13.1 Å². The normalized spacial score (nSPS) is 9.69. The number of nitrogens with zero attached hydrogens (tertiary/aromatic N) is 3. The van der Waals surface area contributed by atoms with Crippen LogP contribution in [0.25, 0.3) is 0 Å². The third-order valence-corrected chi connectivity index (χ3v) is 3.80. The number of phenolic OH excluding ortho intramolecular Hbond substituents is 2. The van der Waals surface area contributed by atoms with Gasteiger partial charge in [0.05, 0.1) is 0 Å². The Balaban J connectivity index is 0.000000218. The highest BCUT2D eigenvalue weighted by atomic mass is 35.5. The molecule has 10 heteroatoms. The molecule has 0 bridgehead atoms. The van der Waals surface area contributed by atoms with E-state index in [0.717, 1.165) is 12.8 Å². The maximum absolute atomic E-state index is 8.89. The fourth-order valence-corrected chi connectivity index (χ4v) is 2.57. The number of rotatable bonds is 4. The quantitative estimate of drug-likeness (QED) is 0.469. The summed E-state index contributed by atoms with van der Waals surface area (Å²) in [7, 11) is 0. The summed E-state index contributed by atoms with van der Waals surface area (Å²) >= 11 is 16.0. The average molecular weight is 459 g/mol. The summed E-state index contributed by atoms with van der Waals surface area (Å²) < 4.78 is 0. The third kappa shape index (κ3) is 11.4. The SMILES string of the molecule is Clc1nc(Cl)nc(Cl)n1.NCCc1ccc(O)cc1.NCCc1ccc(O)cc1. The van der Waals surface area contributed by atoms with Crippen LogP contribution in [0.4, 0.5) is 0 Å². The van der Waals surface area contributed by atoms with Gasteiger partial charge < -0.3 is 21.7 Å². The van der Waals surface area contributed by atoms with Gasteiger partial charge in [-0.3, -0.25) is 0 Å². The molecule has 29 heavy (non-hydrogen) atoms. The van der Waals surface area contributed by atoms with Crippen molar-refractivity contribution in [1.29, 1.82) is 0 Å². The molecule has 0 saturated heterocycles. The van der Waals surface area contributed by atoms with Gasteiger partial charge in [0.15, 0.2) is 0 Å². The summed E-state index contributed by atoms with van der Waals surface area (Å²) in [6.45, 7) is 1.32. The van der Waals surface area contributed by atoms with Crippen LogP contribution in [-0.2, 0) is 12.8 Å². The lowest BCUT2D eigenvalue weighted by atomic mass is 10.1. The molecule has 156 valence electrons. The van der Waals surface area contributed by atoms with Crippen LogP contribution in [-0.4, -0.2) is 38.3 Å². The molecule has 0 atom stereocenters. The second-order valence-corrected chi connectivity index (χ2v) is 6.57. The van der Waals surface area contributed by atoms with E-state index in [1.165, 1.54) is 11.1 Å². The first-order valence-electron chi connectivity index (χ1n) is 8.52. The molecule has 0 aliphatic heterocycles. The maximum atomic E-state index is 8.89. The van der Waals surface area contributed by atoms with Crippen LogP contribution in [0.2, 0.25) is 15.9 Å². The van der Waals surface area contributed by atoms with Gasteiger partial charge in [0.1, 0.15) is 11.5 Å². The fourth-order valence-electron chi connectivity index (χ4n) is 1.96. The maximum Gasteiger partial charge on any atom is 0.227 e. The molecule has 0 amide bonds. The Morgan fingerprint density at radius 1 is 0.586 bits per heavy atom. The molecule has 3 rings (SSSR count). The molecule has 3 aromatic rings. The van der Waals surface area contributed by atoms with E-state index >= 15 is 0 Å². The van der Waals surface area contributed by atoms with E-state index in [0.29, 0.717) is 24.6 Å². The molecular formula is C19H22Cl3N5O2. The van der Waals surface area contributed by atoms with Crippen molar-refractivity contribution in [1.82, 2.24) is 15.0 Å². The molecule has 0 aliphatic carbocycles. The van der Waals surface area contributed by atoms with Crippen LogP contribution < -0.4 is 11.5 Å². The highest BCUT2D eigenvalue weighted by Crippen LogP contribution is 2.10. The molecule has 0 radical (unpaired) electrons. The fraction of sp³-hybridized carbons (Fsp3) is 0.211. The van der Waals surface area contributed by atoms with Crippen molar-refractivity contribution in [3.05, 3.63) is 75.5 Å². The van der Waals surface area contributed by atoms with Gasteiger partial charge >= 0.3 is 0 Å². The number of benzene rings is 2. The van der Waals surface area contributed by atoms with E-state index in [1.54, 1.807) is 24.3 Å². The van der Waals surface area contributed by atoms with Gasteiger partial charge in [-0.15, -0.1) is 0 Å². The zero-order valence-corrected chi connectivity index (χ0v) is 17.7. The van der Waals surface area contributed by atoms with Gasteiger partial charge in [0, 0.05) is 0 Å². The molecule has 0 unspecified atom stereocenters. The lowest BCUT2D eigenvalue weighted by molar-refractivity contribution is 0.474. The minimum absolute atomic E-state index is 0.000000000000000444. The van der Waals surface area contributed by atoms with Crippen molar-refractivity contribution in [3.8, 4) is 11.5 Å². The summed E-state index contributed by atoms with van der Waals surface area (Å²) in [5, 5.41) is 17.8. The van der Waals surface area contributed by atoms with Crippen molar-refractivity contribution in [3.63, 3.8) is 0 Å². The lowest BCUT2D eigenvalue weighted by Gasteiger charge is -1.96. The highest BCUT2D eigenvalue weighted by molar-refractivity contribution is 6.33. The number of hydrogen-bond donors (Lipinski definition) is 4. The highest BCUT2D eigenvalue weighted by Gasteiger charge is 1.97. The van der Waals surface area contributed by atoms with Gasteiger partial charge in [0.25, 0.3) is 0 Å². The molecule has 0 fully saturated rings. The first kappa shape index (κ1) is 24.9. The summed E-state index contributed by atoms with van der Waals surface area (Å²) in [5.74, 6) is 0.613. The van der Waals surface area contributed by atoms with Crippen LogP contribution in [0.15, 0.2) is 48.5 Å². The van der Waals surface area contributed by atoms with Crippen molar-refractivity contribution < 1.29 is 10.2 Å². The molecular weight excluding hydrogens is 437 g/mol. The van der Waals surface area contributed by atoms with E-state index in [1.807, 2.05) is 24.3 Å². The molecule has 0 saturated carbocycles. The Hall–Kier alpha value is -2.16. The largest absolute Gasteiger partial charge is 0.508 e. The zero-order chi connectivity index (χ0) is 21.6. The van der Waals surface area contributed by atoms with E-state index in [2.05, 4.69) is 15.0 Å². The minimum atomic E-state index is 0.000000000000000444. The summed E-state index contributed by atoms with van der Waals surface area (Å²) in [5.41, 5.74) is 13.0. The topological polar surface area (TPSA) is 131 Å². The monoisotopic (exact) mass is 457 g/mol. The summed E-state index contributed by atoms with van der Waals surface area (Å²) in [4.78, 5) is 10.4. The van der Waals surface area contributed by atoms with E-state index in [4.69, 9.17) is 56.5 Å². The van der Waals surface area contributed by atoms with Gasteiger partial charge in [-0.1, -0.05) is 24.3 Å². The molecule has 1 heterocycles. The van der Waals surface area contributed by atoms with Crippen LogP contribution >= 0.6 is 34.8 Å². The molecule has 0 spiro atoms. The Labute approximate surface area is 184 Å². The van der Waals surface area contributed by atoms with Gasteiger partial charge in [0.2, 0.25) is 15.9 Å². The molecule has 0 aliphatic rings. The van der Waals surface area contributed by atoms with E-state index in [-0.39, 0.29) is 15.9 Å². The minimum Gasteiger partial charge on any atom is -0.508 e. The predicted molar refractivity (Wildman–Crippen MR) is 117 cm³/mol. The van der Waals surface area contributed by atoms with Crippen molar-refractivity contribution in [2.45, 2.75) is 12.8 Å². The Morgan fingerprint density at radius 2 is 0.862 bits per heavy atom. The first-order valence-corrected chi connectivity index (χ1v) is 9.66. The first-order chi connectivity index (χ1) is 13.8. The second-order valence-electron chi connectivity index (χ2n) is 5.55. The standard InChI is InChI=1S/2C8H11NO.C3Cl3N3/c2*9-6-5-7-1-3-8(10)4-2-7;4-1-7-2(5)9-3(6)8-1/h2*1-4,10H,5-6,9H2;. The number of aromatic hydroxyl groups is 2. The average Bonchev–Trinajstić information content (AvgIpc) is 2.66. The number of aromatic nitrogens is 3. The van der Waals surface area contributed by atoms with Crippen molar-refractivity contribution in [2.24, 2.45) is 11.5 Å². The number of nitrogens with two attached hydrogens (primary N) is 2. The van der Waals surface area contributed by atoms with E-state index < -0.39 is 0 Å². The van der Waals surface area contributed by atoms with Gasteiger partial charge in [-0.25, -0.2) is 0 Å². The van der Waals surface area contributed by atoms with Crippen LogP contribution in [0.5, 0.6) is 11.5 Å². The molecule has 1 aromatic heterocycles. The predicted octanol–water partition coefficient (Wildman–Crippen LogP) is 3.62. The lowest BCUT2D eigenvalue weighted by Crippen LogP contribution is -2.01. The molecule has 7 nitrogen and oxygen atoms in total. The second kappa shape index (κ2) is 13.9. The van der Waals surface area contributed by atoms with Crippen molar-refractivity contribution >= 4 is 34.8 Å². The van der Waals surface area contributed by atoms with Crippen LogP contribution in [0.3, 0.4) is 0 Å². The number of hydrogen-bond acceptors (Lipinski definition) is 7. The van der Waals surface area contributed by atoms with Gasteiger partial charge in [-0.05, 0) is 96.1 Å². The smallest absolute Gasteiger partial charge is 0.227 e. The molecule has 6 N–H and O–H groups in total. The molecule has 2 aromatic carbocycles. The number of phenols is 2. The Morgan fingerprint density at radius 3 is 1.10 bits per heavy atom. The van der Waals surface area contributed by atoms with Gasteiger partial charge in [-0.2, -0.15) is 15.0 Å². The third-order valence-electron chi connectivity index (χ3n) is 3.29. The zero-order valence-electron chi connectivity index (χ0n) is 15.5.